The number of anilines is 2. The van der Waals surface area contributed by atoms with E-state index in [9.17, 15) is 14.7 Å². The Kier molecular flexibility index (Phi) is 4.17. The number of aliphatic carboxylic acids is 1. The number of carboxylic acids is 1. The quantitative estimate of drug-likeness (QED) is 0.867. The normalized spacial score (nSPS) is 21.8. The number of carbonyl (C=O) groups is 2. The van der Waals surface area contributed by atoms with Crippen molar-refractivity contribution in [3.63, 3.8) is 0 Å². The first-order valence-corrected chi connectivity index (χ1v) is 8.78. The molecule has 2 aromatic rings. The van der Waals surface area contributed by atoms with Crippen LogP contribution in [-0.2, 0) is 9.59 Å². The molecule has 5 nitrogen and oxygen atoms in total. The molecule has 0 unspecified atom stereocenters. The Hall–Kier alpha value is -2.79. The van der Waals surface area contributed by atoms with Gasteiger partial charge in [-0.05, 0) is 36.2 Å². The highest BCUT2D eigenvalue weighted by Gasteiger charge is 2.38. The summed E-state index contributed by atoms with van der Waals surface area (Å²) in [7, 11) is 0. The highest BCUT2D eigenvalue weighted by Crippen LogP contribution is 2.42. The van der Waals surface area contributed by atoms with Crippen molar-refractivity contribution >= 4 is 34.9 Å². The molecule has 0 saturated heterocycles. The first kappa shape index (κ1) is 16.7. The second-order valence-electron chi connectivity index (χ2n) is 6.47. The van der Waals surface area contributed by atoms with E-state index in [1.54, 1.807) is 17.0 Å². The molecular weight excluding hydrogens is 352 g/mol. The summed E-state index contributed by atoms with van der Waals surface area (Å²) in [5, 5.41) is 13.0. The fourth-order valence-electron chi connectivity index (χ4n) is 3.66. The molecule has 0 radical (unpaired) electrons. The first-order chi connectivity index (χ1) is 12.5. The van der Waals surface area contributed by atoms with E-state index in [4.69, 9.17) is 11.6 Å². The van der Waals surface area contributed by atoms with Crippen LogP contribution in [0.2, 0.25) is 5.02 Å². The van der Waals surface area contributed by atoms with E-state index < -0.39 is 12.0 Å². The lowest BCUT2D eigenvalue weighted by Crippen LogP contribution is -2.37. The lowest BCUT2D eigenvalue weighted by molar-refractivity contribution is -0.138. The maximum absolute atomic E-state index is 13.0. The van der Waals surface area contributed by atoms with Gasteiger partial charge < -0.3 is 15.3 Å². The number of rotatable bonds is 3. The Labute approximate surface area is 155 Å². The van der Waals surface area contributed by atoms with Crippen molar-refractivity contribution in [1.82, 2.24) is 0 Å². The average Bonchev–Trinajstić information content (AvgIpc) is 3.02. The van der Waals surface area contributed by atoms with Gasteiger partial charge in [0.15, 0.2) is 0 Å². The SMILES string of the molecule is O=C(O)[C@H]1C[C@H](C2=CCN(c3ccccc3)C2=O)c2ccc(Cl)cc2N1. The molecule has 1 amide bonds. The van der Waals surface area contributed by atoms with Gasteiger partial charge in [0.1, 0.15) is 6.04 Å². The summed E-state index contributed by atoms with van der Waals surface area (Å²) in [5.74, 6) is -1.29. The predicted molar refractivity (Wildman–Crippen MR) is 101 cm³/mol. The Bertz CT molecular complexity index is 911. The molecule has 2 N–H and O–H groups in total. The third-order valence-corrected chi connectivity index (χ3v) is 5.15. The topological polar surface area (TPSA) is 69.6 Å². The van der Waals surface area contributed by atoms with E-state index >= 15 is 0 Å². The van der Waals surface area contributed by atoms with E-state index in [1.165, 1.54) is 0 Å². The van der Waals surface area contributed by atoms with Crippen LogP contribution in [0.5, 0.6) is 0 Å². The second kappa shape index (κ2) is 6.50. The molecule has 0 spiro atoms. The Morgan fingerprint density at radius 2 is 1.96 bits per heavy atom. The molecule has 2 atom stereocenters. The van der Waals surface area contributed by atoms with Crippen molar-refractivity contribution in [2.24, 2.45) is 0 Å². The number of hydrogen-bond donors (Lipinski definition) is 2. The highest BCUT2D eigenvalue weighted by atomic mass is 35.5. The van der Waals surface area contributed by atoms with Crippen molar-refractivity contribution in [1.29, 1.82) is 0 Å². The summed E-state index contributed by atoms with van der Waals surface area (Å²) in [6, 6.07) is 14.1. The van der Waals surface area contributed by atoms with Crippen molar-refractivity contribution < 1.29 is 14.7 Å². The maximum Gasteiger partial charge on any atom is 0.326 e. The number of para-hydroxylation sites is 1. The molecule has 0 bridgehead atoms. The standard InChI is InChI=1S/C20H17ClN2O3/c21-12-6-7-14-16(11-18(20(25)26)22-17(14)10-12)15-8-9-23(19(15)24)13-4-2-1-3-5-13/h1-8,10,16,18,22H,9,11H2,(H,25,26)/t16-,18+/m0/s1. The molecule has 0 fully saturated rings. The first-order valence-electron chi connectivity index (χ1n) is 8.40. The van der Waals surface area contributed by atoms with Crippen LogP contribution in [0.1, 0.15) is 17.9 Å². The Balaban J connectivity index is 1.69. The van der Waals surface area contributed by atoms with Crippen LogP contribution in [0.4, 0.5) is 11.4 Å². The van der Waals surface area contributed by atoms with Crippen LogP contribution in [0.25, 0.3) is 0 Å². The molecule has 2 aliphatic rings. The molecule has 6 heteroatoms. The number of halogens is 1. The van der Waals surface area contributed by atoms with Crippen LogP contribution in [0.15, 0.2) is 60.2 Å². The zero-order valence-electron chi connectivity index (χ0n) is 13.9. The molecule has 26 heavy (non-hydrogen) atoms. The van der Waals surface area contributed by atoms with Gasteiger partial charge >= 0.3 is 5.97 Å². The summed E-state index contributed by atoms with van der Waals surface area (Å²) >= 11 is 6.07. The number of hydrogen-bond acceptors (Lipinski definition) is 3. The molecule has 132 valence electrons. The van der Waals surface area contributed by atoms with Crippen LogP contribution >= 0.6 is 11.6 Å². The largest absolute Gasteiger partial charge is 0.480 e. The summed E-state index contributed by atoms with van der Waals surface area (Å²) in [4.78, 5) is 26.3. The monoisotopic (exact) mass is 368 g/mol. The van der Waals surface area contributed by atoms with E-state index in [1.807, 2.05) is 42.5 Å². The zero-order valence-corrected chi connectivity index (χ0v) is 14.6. The number of amides is 1. The van der Waals surface area contributed by atoms with Gasteiger partial charge in [-0.25, -0.2) is 4.79 Å². The minimum absolute atomic E-state index is 0.0758. The number of fused-ring (bicyclic) bond motifs is 1. The van der Waals surface area contributed by atoms with Gasteiger partial charge in [-0.3, -0.25) is 4.79 Å². The van der Waals surface area contributed by atoms with Crippen LogP contribution < -0.4 is 10.2 Å². The van der Waals surface area contributed by atoms with E-state index in [2.05, 4.69) is 5.32 Å². The molecule has 0 saturated carbocycles. The fourth-order valence-corrected chi connectivity index (χ4v) is 3.83. The molecule has 2 aliphatic heterocycles. The van der Waals surface area contributed by atoms with Gasteiger partial charge in [0.2, 0.25) is 0 Å². The lowest BCUT2D eigenvalue weighted by Gasteiger charge is -2.32. The molecule has 0 aromatic heterocycles. The van der Waals surface area contributed by atoms with Crippen LogP contribution in [0.3, 0.4) is 0 Å². The van der Waals surface area contributed by atoms with E-state index in [-0.39, 0.29) is 11.8 Å². The van der Waals surface area contributed by atoms with Gasteiger partial charge in [0, 0.05) is 34.4 Å². The Morgan fingerprint density at radius 1 is 1.19 bits per heavy atom. The summed E-state index contributed by atoms with van der Waals surface area (Å²) in [6.45, 7) is 0.489. The van der Waals surface area contributed by atoms with Crippen LogP contribution in [-0.4, -0.2) is 29.6 Å². The summed E-state index contributed by atoms with van der Waals surface area (Å²) in [5.41, 5.74) is 3.06. The third-order valence-electron chi connectivity index (χ3n) is 4.92. The van der Waals surface area contributed by atoms with Gasteiger partial charge in [-0.15, -0.1) is 0 Å². The number of nitrogens with zero attached hydrogens (tertiary/aromatic N) is 1. The number of carboxylic acid groups (broad SMARTS) is 1. The minimum Gasteiger partial charge on any atom is -0.480 e. The lowest BCUT2D eigenvalue weighted by atomic mass is 9.81. The zero-order chi connectivity index (χ0) is 18.3. The summed E-state index contributed by atoms with van der Waals surface area (Å²) < 4.78 is 0. The molecule has 0 aliphatic carbocycles. The number of carbonyl (C=O) groups excluding carboxylic acids is 1. The van der Waals surface area contributed by atoms with Gasteiger partial charge in [-0.1, -0.05) is 41.9 Å². The predicted octanol–water partition coefficient (Wildman–Crippen LogP) is 3.67. The van der Waals surface area contributed by atoms with Gasteiger partial charge in [-0.2, -0.15) is 0 Å². The number of nitrogens with one attached hydrogen (secondary N) is 1. The average molecular weight is 369 g/mol. The maximum atomic E-state index is 13.0. The smallest absolute Gasteiger partial charge is 0.326 e. The van der Waals surface area contributed by atoms with Crippen molar-refractivity contribution in [3.05, 3.63) is 70.8 Å². The summed E-state index contributed by atoms with van der Waals surface area (Å²) in [6.07, 6.45) is 2.23. The second-order valence-corrected chi connectivity index (χ2v) is 6.90. The van der Waals surface area contributed by atoms with Crippen molar-refractivity contribution in [2.75, 3.05) is 16.8 Å². The van der Waals surface area contributed by atoms with Gasteiger partial charge in [0.25, 0.3) is 5.91 Å². The van der Waals surface area contributed by atoms with Gasteiger partial charge in [0.05, 0.1) is 0 Å². The van der Waals surface area contributed by atoms with Crippen molar-refractivity contribution in [3.8, 4) is 0 Å². The fraction of sp³-hybridized carbons (Fsp3) is 0.200. The van der Waals surface area contributed by atoms with E-state index in [0.29, 0.717) is 29.2 Å². The highest BCUT2D eigenvalue weighted by molar-refractivity contribution is 6.31. The van der Waals surface area contributed by atoms with E-state index in [0.717, 1.165) is 11.3 Å². The molecule has 2 heterocycles. The molecule has 2 aromatic carbocycles. The van der Waals surface area contributed by atoms with Crippen LogP contribution in [0, 0.1) is 0 Å². The third kappa shape index (κ3) is 2.84. The number of benzene rings is 2. The van der Waals surface area contributed by atoms with Crippen molar-refractivity contribution in [2.45, 2.75) is 18.4 Å². The molecule has 4 rings (SSSR count). The molecular formula is C20H17ClN2O3. The minimum atomic E-state index is -0.938. The Morgan fingerprint density at radius 3 is 2.69 bits per heavy atom.